The summed E-state index contributed by atoms with van der Waals surface area (Å²) >= 11 is 1.58. The Kier molecular flexibility index (Phi) is 13.3. The Hall–Kier alpha value is -4.89. The molecule has 5 aliphatic heterocycles. The summed E-state index contributed by atoms with van der Waals surface area (Å²) in [6.45, 7) is 2.17. The zero-order valence-electron chi connectivity index (χ0n) is 35.2. The smallest absolute Gasteiger partial charge is 0.262 e. The fraction of sp³-hybridized carbons (Fsp3) is 0.558. The summed E-state index contributed by atoms with van der Waals surface area (Å²) in [5, 5.41) is 21.4. The predicted molar refractivity (Wildman–Crippen MR) is 234 cm³/mol. The zero-order valence-corrected chi connectivity index (χ0v) is 36.8. The van der Waals surface area contributed by atoms with Crippen molar-refractivity contribution in [1.82, 2.24) is 41.1 Å². The molecule has 0 aromatic heterocycles. The van der Waals surface area contributed by atoms with Crippen molar-refractivity contribution in [2.75, 3.05) is 56.6 Å². The average Bonchev–Trinajstić information content (AvgIpc) is 3.55. The number of imide groups is 2. The quantitative estimate of drug-likeness (QED) is 0.0916. The molecule has 6 atom stereocenters. The van der Waals surface area contributed by atoms with Gasteiger partial charge in [0.15, 0.2) is 0 Å². The van der Waals surface area contributed by atoms with Crippen molar-refractivity contribution in [3.05, 3.63) is 64.7 Å². The average molecular weight is 906 g/mol. The van der Waals surface area contributed by atoms with Crippen LogP contribution in [0.2, 0.25) is 0 Å². The van der Waals surface area contributed by atoms with Crippen molar-refractivity contribution in [3.63, 3.8) is 0 Å². The molecule has 0 radical (unpaired) electrons. The van der Waals surface area contributed by atoms with E-state index < -0.39 is 51.0 Å². The normalized spacial score (nSPS) is 26.8. The molecule has 63 heavy (non-hydrogen) atoms. The van der Waals surface area contributed by atoms with E-state index in [9.17, 15) is 42.0 Å². The minimum Gasteiger partial charge on any atom is -0.385 e. The van der Waals surface area contributed by atoms with Crippen molar-refractivity contribution >= 4 is 68.8 Å². The van der Waals surface area contributed by atoms with Gasteiger partial charge in [-0.05, 0) is 93.2 Å². The summed E-state index contributed by atoms with van der Waals surface area (Å²) < 4.78 is 24.9. The molecule has 2 aromatic carbocycles. The van der Waals surface area contributed by atoms with Gasteiger partial charge in [0.25, 0.3) is 11.8 Å². The highest BCUT2D eigenvalue weighted by molar-refractivity contribution is 8.00. The molecular formula is C43H55N9O9S2. The molecule has 7 N–H and O–H groups in total. The van der Waals surface area contributed by atoms with Gasteiger partial charge in [-0.15, -0.1) is 11.8 Å². The van der Waals surface area contributed by atoms with E-state index in [2.05, 4.69) is 61.5 Å². The maximum atomic E-state index is 13.6. The number of thioether (sulfide) groups is 1. The van der Waals surface area contributed by atoms with Crippen molar-refractivity contribution in [3.8, 4) is 0 Å². The van der Waals surface area contributed by atoms with Crippen LogP contribution in [0.25, 0.3) is 0 Å². The number of carbonyl (C=O) groups excluding carboxylic acids is 7. The molecular weight excluding hydrogens is 851 g/mol. The second kappa shape index (κ2) is 18.7. The third-order valence-electron chi connectivity index (χ3n) is 13.2. The molecule has 5 heterocycles. The first-order valence-corrected chi connectivity index (χ1v) is 24.7. The monoisotopic (exact) mass is 905 g/mol. The van der Waals surface area contributed by atoms with Crippen LogP contribution >= 0.6 is 11.8 Å². The fourth-order valence-corrected chi connectivity index (χ4v) is 11.5. The number of carbonyl (C=O) groups is 7. The van der Waals surface area contributed by atoms with E-state index in [1.54, 1.807) is 30.0 Å². The summed E-state index contributed by atoms with van der Waals surface area (Å²) in [5.74, 6) is -2.15. The van der Waals surface area contributed by atoms with Gasteiger partial charge in [-0.1, -0.05) is 24.3 Å². The van der Waals surface area contributed by atoms with Crippen LogP contribution in [0.3, 0.4) is 0 Å². The highest BCUT2D eigenvalue weighted by atomic mass is 32.2. The van der Waals surface area contributed by atoms with Crippen LogP contribution in [-0.2, 0) is 34.0 Å². The molecule has 7 amide bonds. The Morgan fingerprint density at radius 1 is 0.921 bits per heavy atom. The number of hydrogen-bond acceptors (Lipinski definition) is 13. The summed E-state index contributed by atoms with van der Waals surface area (Å²) in [6.07, 6.45) is 6.71. The van der Waals surface area contributed by atoms with Crippen LogP contribution < -0.4 is 37.2 Å². The number of unbranched alkanes of at least 4 members (excludes halogenated alkanes) is 1. The lowest BCUT2D eigenvalue weighted by Crippen LogP contribution is -2.54. The maximum Gasteiger partial charge on any atom is 0.262 e. The highest BCUT2D eigenvalue weighted by Crippen LogP contribution is 2.52. The molecule has 338 valence electrons. The molecule has 2 aromatic rings. The lowest BCUT2D eigenvalue weighted by atomic mass is 9.79. The van der Waals surface area contributed by atoms with E-state index in [0.29, 0.717) is 37.7 Å². The van der Waals surface area contributed by atoms with Gasteiger partial charge >= 0.3 is 0 Å². The van der Waals surface area contributed by atoms with Crippen LogP contribution in [0.5, 0.6) is 0 Å². The molecule has 1 saturated carbocycles. The van der Waals surface area contributed by atoms with Gasteiger partial charge in [-0.3, -0.25) is 49.1 Å². The van der Waals surface area contributed by atoms with E-state index in [0.717, 1.165) is 67.5 Å². The van der Waals surface area contributed by atoms with Crippen molar-refractivity contribution < 1.29 is 42.0 Å². The number of hydrogen-bond donors (Lipinski definition) is 7. The van der Waals surface area contributed by atoms with E-state index >= 15 is 0 Å². The molecule has 6 unspecified atom stereocenters. The first-order chi connectivity index (χ1) is 30.2. The van der Waals surface area contributed by atoms with Gasteiger partial charge in [0.05, 0.1) is 35.3 Å². The largest absolute Gasteiger partial charge is 0.385 e. The SMILES string of the molecule is CS(=O)(=O)N1CCC(C(=O)NCC(=O)NC2NC(c3cccc(C4CCNC(C5(C(=O)NCCCCNc6ccc7c(c6)C(=O)N(C6CCC(=O)NC6=O)C7=O)CC5)C4)c3)CS2)C1. The Morgan fingerprint density at radius 3 is 2.46 bits per heavy atom. The van der Waals surface area contributed by atoms with Crippen LogP contribution in [-0.4, -0.2) is 128 Å². The molecule has 8 rings (SSSR count). The molecule has 4 saturated heterocycles. The number of anilines is 1. The standard InChI is InChI=1S/C43H55N9O9S2/c1-63(60,61)51-18-12-28(23-51)37(55)47-22-36(54)50-42-48-32(24-62-42)27-6-4-5-25(19-27)26-11-17-45-34(20-26)43(13-14-43)41(59)46-16-3-2-15-44-29-7-8-30-31(21-29)40(58)52(39(30)57)33-9-10-35(53)49-38(33)56/h4-8,19,21,26,28,32-34,42,44-45,48H,2-3,9-18,20,22-24H2,1H3,(H,46,59)(H,47,55)(H,50,54)(H,49,53,56). The van der Waals surface area contributed by atoms with Gasteiger partial charge < -0.3 is 26.6 Å². The zero-order chi connectivity index (χ0) is 44.5. The van der Waals surface area contributed by atoms with E-state index in [4.69, 9.17) is 0 Å². The number of nitrogens with one attached hydrogen (secondary N) is 7. The number of piperidine rings is 2. The second-order valence-corrected chi connectivity index (χ2v) is 20.6. The topological polar surface area (TPSA) is 244 Å². The number of nitrogens with zero attached hydrogens (tertiary/aromatic N) is 2. The van der Waals surface area contributed by atoms with Crippen LogP contribution in [0.4, 0.5) is 5.69 Å². The Morgan fingerprint density at radius 2 is 1.70 bits per heavy atom. The Balaban J connectivity index is 0.751. The third-order valence-corrected chi connectivity index (χ3v) is 15.6. The van der Waals surface area contributed by atoms with E-state index in [1.807, 2.05) is 0 Å². The van der Waals surface area contributed by atoms with Gasteiger partial charge in [-0.2, -0.15) is 0 Å². The number of fused-ring (bicyclic) bond motifs is 1. The number of rotatable bonds is 16. The van der Waals surface area contributed by atoms with Gasteiger partial charge in [-0.25, -0.2) is 12.7 Å². The molecule has 20 heteroatoms. The second-order valence-electron chi connectivity index (χ2n) is 17.5. The van der Waals surface area contributed by atoms with Gasteiger partial charge in [0.1, 0.15) is 11.5 Å². The summed E-state index contributed by atoms with van der Waals surface area (Å²) in [5.41, 5.74) is 2.73. The van der Waals surface area contributed by atoms with Crippen molar-refractivity contribution in [2.45, 2.75) is 87.3 Å². The third kappa shape index (κ3) is 9.94. The molecule has 5 fully saturated rings. The molecule has 1 aliphatic carbocycles. The van der Waals surface area contributed by atoms with Crippen LogP contribution in [0.1, 0.15) is 102 Å². The molecule has 18 nitrogen and oxygen atoms in total. The van der Waals surface area contributed by atoms with Crippen LogP contribution in [0, 0.1) is 11.3 Å². The first-order valence-electron chi connectivity index (χ1n) is 21.8. The van der Waals surface area contributed by atoms with Gasteiger partial charge in [0.2, 0.25) is 39.6 Å². The van der Waals surface area contributed by atoms with Crippen LogP contribution in [0.15, 0.2) is 42.5 Å². The summed E-state index contributed by atoms with van der Waals surface area (Å²) in [4.78, 5) is 90.0. The van der Waals surface area contributed by atoms with Crippen molar-refractivity contribution in [2.24, 2.45) is 11.3 Å². The number of benzene rings is 2. The molecule has 6 aliphatic rings. The van der Waals surface area contributed by atoms with E-state index in [-0.39, 0.29) is 72.4 Å². The van der Waals surface area contributed by atoms with Crippen molar-refractivity contribution in [1.29, 1.82) is 0 Å². The maximum absolute atomic E-state index is 13.6. The molecule has 0 spiro atoms. The number of sulfonamides is 1. The predicted octanol–water partition coefficient (Wildman–Crippen LogP) is 0.887. The fourth-order valence-electron chi connectivity index (χ4n) is 9.48. The van der Waals surface area contributed by atoms with E-state index in [1.165, 1.54) is 9.87 Å². The molecule has 0 bridgehead atoms. The minimum absolute atomic E-state index is 0.0182. The summed E-state index contributed by atoms with van der Waals surface area (Å²) in [6, 6.07) is 12.5. The van der Waals surface area contributed by atoms with Gasteiger partial charge in [0, 0.05) is 56.1 Å². The lowest BCUT2D eigenvalue weighted by molar-refractivity contribution is -0.136. The number of amides is 7. The highest BCUT2D eigenvalue weighted by Gasteiger charge is 2.56. The first kappa shape index (κ1) is 44.7. The summed E-state index contributed by atoms with van der Waals surface area (Å²) in [7, 11) is -3.36. The minimum atomic E-state index is -3.36. The lowest BCUT2D eigenvalue weighted by Gasteiger charge is -2.35. The Labute approximate surface area is 370 Å². The Bertz CT molecular complexity index is 2290.